The van der Waals surface area contributed by atoms with Crippen molar-refractivity contribution in [2.24, 2.45) is 0 Å². The lowest BCUT2D eigenvalue weighted by Gasteiger charge is -2.36. The molecule has 1 N–H and O–H groups in total. The van der Waals surface area contributed by atoms with Crippen LogP contribution in [0, 0.1) is 0 Å². The van der Waals surface area contributed by atoms with Gasteiger partial charge in [0.2, 0.25) is 5.91 Å². The van der Waals surface area contributed by atoms with Crippen molar-refractivity contribution < 1.29 is 14.3 Å². The molecule has 2 rings (SSSR count). The summed E-state index contributed by atoms with van der Waals surface area (Å²) in [5, 5.41) is 2.51. The van der Waals surface area contributed by atoms with E-state index in [0.717, 1.165) is 13.1 Å². The number of nitrogens with zero attached hydrogens (tertiary/aromatic N) is 2. The first-order valence-electron chi connectivity index (χ1n) is 7.90. The number of amides is 2. The van der Waals surface area contributed by atoms with Gasteiger partial charge in [-0.25, -0.2) is 4.79 Å². The summed E-state index contributed by atoms with van der Waals surface area (Å²) in [7, 11) is 0. The van der Waals surface area contributed by atoms with Crippen LogP contribution in [0.3, 0.4) is 0 Å². The van der Waals surface area contributed by atoms with Gasteiger partial charge < -0.3 is 19.9 Å². The van der Waals surface area contributed by atoms with Crippen LogP contribution in [-0.2, 0) is 9.53 Å². The molecule has 0 unspecified atom stereocenters. The molecule has 1 heterocycles. The van der Waals surface area contributed by atoms with Crippen molar-refractivity contribution in [1.82, 2.24) is 10.2 Å². The van der Waals surface area contributed by atoms with Crippen LogP contribution in [0.2, 0.25) is 0 Å². The van der Waals surface area contributed by atoms with E-state index in [-0.39, 0.29) is 12.5 Å². The van der Waals surface area contributed by atoms with Crippen molar-refractivity contribution in [1.29, 1.82) is 0 Å². The Labute approximate surface area is 137 Å². The standard InChI is InChI=1S/C17H25N3O3/c1-17(2,3)23-16(22)18-13-15(21)20-11-9-19(10-12-20)14-7-5-4-6-8-14/h4-8H,9-13H2,1-3H3,(H,18,22). The third-order valence-corrected chi connectivity index (χ3v) is 3.54. The number of anilines is 1. The van der Waals surface area contributed by atoms with Gasteiger partial charge in [0, 0.05) is 31.9 Å². The summed E-state index contributed by atoms with van der Waals surface area (Å²) in [5.41, 5.74) is 0.612. The highest BCUT2D eigenvalue weighted by Gasteiger charge is 2.22. The summed E-state index contributed by atoms with van der Waals surface area (Å²) in [6.45, 7) is 8.24. The number of carbonyl (C=O) groups is 2. The molecule has 0 aliphatic carbocycles. The van der Waals surface area contributed by atoms with Gasteiger partial charge in [-0.15, -0.1) is 0 Å². The van der Waals surface area contributed by atoms with Crippen LogP contribution >= 0.6 is 0 Å². The Morgan fingerprint density at radius 2 is 1.70 bits per heavy atom. The predicted octanol–water partition coefficient (Wildman–Crippen LogP) is 1.86. The Morgan fingerprint density at radius 3 is 2.26 bits per heavy atom. The molecule has 1 saturated heterocycles. The summed E-state index contributed by atoms with van der Waals surface area (Å²) < 4.78 is 5.12. The van der Waals surface area contributed by atoms with Crippen molar-refractivity contribution >= 4 is 17.7 Å². The minimum Gasteiger partial charge on any atom is -0.444 e. The fourth-order valence-electron chi connectivity index (χ4n) is 2.43. The molecule has 1 aliphatic rings. The van der Waals surface area contributed by atoms with Gasteiger partial charge in [0.05, 0.1) is 0 Å². The highest BCUT2D eigenvalue weighted by atomic mass is 16.6. The van der Waals surface area contributed by atoms with Crippen LogP contribution in [0.1, 0.15) is 20.8 Å². The lowest BCUT2D eigenvalue weighted by Crippen LogP contribution is -2.51. The van der Waals surface area contributed by atoms with E-state index < -0.39 is 11.7 Å². The second-order valence-corrected chi connectivity index (χ2v) is 6.56. The molecule has 0 radical (unpaired) electrons. The SMILES string of the molecule is CC(C)(C)OC(=O)NCC(=O)N1CCN(c2ccccc2)CC1. The number of piperazine rings is 1. The average Bonchev–Trinajstić information content (AvgIpc) is 2.52. The van der Waals surface area contributed by atoms with Gasteiger partial charge in [-0.05, 0) is 32.9 Å². The molecule has 23 heavy (non-hydrogen) atoms. The van der Waals surface area contributed by atoms with Crippen molar-refractivity contribution in [3.05, 3.63) is 30.3 Å². The molecule has 2 amide bonds. The number of rotatable bonds is 3. The van der Waals surface area contributed by atoms with E-state index in [1.165, 1.54) is 5.69 Å². The summed E-state index contributed by atoms with van der Waals surface area (Å²) in [6, 6.07) is 10.2. The number of hydrogen-bond donors (Lipinski definition) is 1. The summed E-state index contributed by atoms with van der Waals surface area (Å²) in [5.74, 6) is -0.0800. The van der Waals surface area contributed by atoms with Crippen LogP contribution in [-0.4, -0.2) is 55.2 Å². The second kappa shape index (κ2) is 7.35. The Balaban J connectivity index is 1.74. The quantitative estimate of drug-likeness (QED) is 0.924. The minimum absolute atomic E-state index is 0.0275. The van der Waals surface area contributed by atoms with Gasteiger partial charge in [-0.1, -0.05) is 18.2 Å². The van der Waals surface area contributed by atoms with Crippen LogP contribution in [0.5, 0.6) is 0 Å². The minimum atomic E-state index is -0.561. The number of alkyl carbamates (subject to hydrolysis) is 1. The number of nitrogens with one attached hydrogen (secondary N) is 1. The maximum Gasteiger partial charge on any atom is 0.408 e. The topological polar surface area (TPSA) is 61.9 Å². The number of ether oxygens (including phenoxy) is 1. The largest absolute Gasteiger partial charge is 0.444 e. The highest BCUT2D eigenvalue weighted by molar-refractivity contribution is 5.82. The third kappa shape index (κ3) is 5.47. The zero-order chi connectivity index (χ0) is 16.9. The van der Waals surface area contributed by atoms with Crippen molar-refractivity contribution in [3.8, 4) is 0 Å². The molecule has 0 spiro atoms. The maximum atomic E-state index is 12.1. The first-order valence-corrected chi connectivity index (χ1v) is 7.90. The van der Waals surface area contributed by atoms with Crippen LogP contribution in [0.4, 0.5) is 10.5 Å². The monoisotopic (exact) mass is 319 g/mol. The van der Waals surface area contributed by atoms with Crippen molar-refractivity contribution in [2.45, 2.75) is 26.4 Å². The first-order chi connectivity index (χ1) is 10.8. The van der Waals surface area contributed by atoms with Crippen molar-refractivity contribution in [2.75, 3.05) is 37.6 Å². The maximum absolute atomic E-state index is 12.1. The second-order valence-electron chi connectivity index (χ2n) is 6.56. The molecule has 1 fully saturated rings. The Kier molecular flexibility index (Phi) is 5.47. The number of para-hydroxylation sites is 1. The molecule has 0 atom stereocenters. The van der Waals surface area contributed by atoms with E-state index in [1.54, 1.807) is 25.7 Å². The molecule has 1 aromatic rings. The van der Waals surface area contributed by atoms with Gasteiger partial charge in [0.25, 0.3) is 0 Å². The molecule has 1 aliphatic heterocycles. The lowest BCUT2D eigenvalue weighted by molar-refractivity contribution is -0.130. The van der Waals surface area contributed by atoms with Crippen LogP contribution < -0.4 is 10.2 Å². The van der Waals surface area contributed by atoms with E-state index in [9.17, 15) is 9.59 Å². The normalized spacial score (nSPS) is 15.3. The Bertz CT molecular complexity index is 532. The van der Waals surface area contributed by atoms with Gasteiger partial charge in [-0.2, -0.15) is 0 Å². The van der Waals surface area contributed by atoms with Gasteiger partial charge in [-0.3, -0.25) is 4.79 Å². The fraction of sp³-hybridized carbons (Fsp3) is 0.529. The highest BCUT2D eigenvalue weighted by Crippen LogP contribution is 2.15. The lowest BCUT2D eigenvalue weighted by atomic mass is 10.2. The zero-order valence-electron chi connectivity index (χ0n) is 14.0. The Morgan fingerprint density at radius 1 is 1.09 bits per heavy atom. The Hall–Kier alpha value is -2.24. The smallest absolute Gasteiger partial charge is 0.408 e. The molecular formula is C17H25N3O3. The fourth-order valence-corrected chi connectivity index (χ4v) is 2.43. The van der Waals surface area contributed by atoms with Gasteiger partial charge >= 0.3 is 6.09 Å². The van der Waals surface area contributed by atoms with E-state index >= 15 is 0 Å². The number of benzene rings is 1. The number of carbonyl (C=O) groups excluding carboxylic acids is 2. The summed E-state index contributed by atoms with van der Waals surface area (Å²) in [6.07, 6.45) is -0.561. The predicted molar refractivity (Wildman–Crippen MR) is 89.5 cm³/mol. The van der Waals surface area contributed by atoms with Gasteiger partial charge in [0.1, 0.15) is 12.1 Å². The molecule has 0 aromatic heterocycles. The summed E-state index contributed by atoms with van der Waals surface area (Å²) in [4.78, 5) is 27.7. The van der Waals surface area contributed by atoms with E-state index in [4.69, 9.17) is 4.74 Å². The zero-order valence-corrected chi connectivity index (χ0v) is 14.0. The molecule has 0 bridgehead atoms. The molecule has 6 nitrogen and oxygen atoms in total. The number of hydrogen-bond acceptors (Lipinski definition) is 4. The van der Waals surface area contributed by atoms with E-state index in [1.807, 2.05) is 18.2 Å². The van der Waals surface area contributed by atoms with E-state index in [2.05, 4.69) is 22.3 Å². The molecule has 1 aromatic carbocycles. The van der Waals surface area contributed by atoms with Crippen LogP contribution in [0.25, 0.3) is 0 Å². The van der Waals surface area contributed by atoms with E-state index in [0.29, 0.717) is 13.1 Å². The van der Waals surface area contributed by atoms with Crippen molar-refractivity contribution in [3.63, 3.8) is 0 Å². The molecule has 6 heteroatoms. The van der Waals surface area contributed by atoms with Gasteiger partial charge in [0.15, 0.2) is 0 Å². The summed E-state index contributed by atoms with van der Waals surface area (Å²) >= 11 is 0. The average molecular weight is 319 g/mol. The molecule has 126 valence electrons. The molecular weight excluding hydrogens is 294 g/mol. The third-order valence-electron chi connectivity index (χ3n) is 3.54. The first kappa shape index (κ1) is 17.1. The molecule has 0 saturated carbocycles. The van der Waals surface area contributed by atoms with Crippen LogP contribution in [0.15, 0.2) is 30.3 Å².